The number of methoxy groups -OCH3 is 4. The van der Waals surface area contributed by atoms with Gasteiger partial charge in [-0.3, -0.25) is 0 Å². The van der Waals surface area contributed by atoms with Gasteiger partial charge >= 0.3 is 0 Å². The molecule has 4 aliphatic rings. The molecular weight excluding hydrogens is 705 g/mol. The molecule has 4 atom stereocenters. The van der Waals surface area contributed by atoms with Crippen LogP contribution in [0, 0.1) is 11.8 Å². The lowest BCUT2D eigenvalue weighted by atomic mass is 9.73. The minimum Gasteiger partial charge on any atom is -0.500 e. The predicted octanol–water partition coefficient (Wildman–Crippen LogP) is 11.8. The average molecular weight is 759 g/mol. The van der Waals surface area contributed by atoms with Crippen LogP contribution in [-0.2, 0) is 20.3 Å². The Hall–Kier alpha value is -5.84. The number of nitrogens with zero attached hydrogens (tertiary/aromatic N) is 2. The highest BCUT2D eigenvalue weighted by Crippen LogP contribution is 2.56. The molecule has 0 fully saturated rings. The van der Waals surface area contributed by atoms with Crippen molar-refractivity contribution in [2.45, 2.75) is 64.5 Å². The molecule has 2 aliphatic carbocycles. The second kappa shape index (κ2) is 14.6. The monoisotopic (exact) mass is 758 g/mol. The van der Waals surface area contributed by atoms with Gasteiger partial charge in [0.1, 0.15) is 23.0 Å². The van der Waals surface area contributed by atoms with E-state index in [9.17, 15) is 0 Å². The van der Waals surface area contributed by atoms with Gasteiger partial charge in [-0.25, -0.2) is 0 Å². The van der Waals surface area contributed by atoms with Gasteiger partial charge in [-0.1, -0.05) is 102 Å². The number of rotatable bonds is 6. The Morgan fingerprint density at radius 1 is 0.491 bits per heavy atom. The summed E-state index contributed by atoms with van der Waals surface area (Å²) in [6, 6.07) is 30.4. The van der Waals surface area contributed by atoms with Crippen LogP contribution in [-0.4, -0.2) is 40.5 Å². The molecule has 0 bridgehead atoms. The third-order valence-corrected chi connectivity index (χ3v) is 11.9. The largest absolute Gasteiger partial charge is 0.500 e. The summed E-state index contributed by atoms with van der Waals surface area (Å²) in [7, 11) is 7.03. The molecular formula is C51H54N2O4. The lowest BCUT2D eigenvalue weighted by molar-refractivity contribution is 0.249. The third-order valence-electron chi connectivity index (χ3n) is 11.9. The molecule has 4 unspecified atom stereocenters. The molecule has 0 saturated heterocycles. The summed E-state index contributed by atoms with van der Waals surface area (Å²) < 4.78 is 25.1. The maximum atomic E-state index is 6.28. The van der Waals surface area contributed by atoms with Crippen LogP contribution in [0.2, 0.25) is 0 Å². The fourth-order valence-corrected chi connectivity index (χ4v) is 9.03. The summed E-state index contributed by atoms with van der Waals surface area (Å²) >= 11 is 0. The van der Waals surface area contributed by atoms with E-state index in [2.05, 4.69) is 166 Å². The smallest absolute Gasteiger partial charge is 0.129 e. The fraction of sp³-hybridized carbons (Fsp3) is 0.314. The number of hydrogen-bond acceptors (Lipinski definition) is 6. The van der Waals surface area contributed by atoms with Gasteiger partial charge in [-0.15, -0.1) is 5.73 Å². The lowest BCUT2D eigenvalue weighted by Gasteiger charge is -2.46. The normalized spacial score (nSPS) is 21.0. The van der Waals surface area contributed by atoms with Gasteiger partial charge in [0.2, 0.25) is 0 Å². The van der Waals surface area contributed by atoms with Crippen LogP contribution in [0.25, 0.3) is 11.1 Å². The van der Waals surface area contributed by atoms with E-state index < -0.39 is 0 Å². The Balaban J connectivity index is 1.45. The van der Waals surface area contributed by atoms with Gasteiger partial charge in [0.25, 0.3) is 0 Å². The number of fused-ring (bicyclic) bond motifs is 4. The van der Waals surface area contributed by atoms with Crippen LogP contribution in [0.1, 0.15) is 63.8 Å². The summed E-state index contributed by atoms with van der Waals surface area (Å²) in [6.07, 6.45) is 13.0. The first-order chi connectivity index (χ1) is 27.4. The SMILES string of the molecule is COC1=CC=CC2C1C(=C=C1c3c(OC)cccc3N(c3ccc(C(C)(C)C)cc3)C3C=CC=C(OC)C13)c1c(OC)cccc1N2c1ccc(C(C)(C)C)cc1. The van der Waals surface area contributed by atoms with E-state index in [1.807, 2.05) is 12.1 Å². The van der Waals surface area contributed by atoms with Crippen molar-refractivity contribution < 1.29 is 18.9 Å². The summed E-state index contributed by atoms with van der Waals surface area (Å²) in [4.78, 5) is 4.86. The van der Waals surface area contributed by atoms with Crippen LogP contribution in [0.4, 0.5) is 22.7 Å². The molecule has 292 valence electrons. The molecule has 4 aromatic rings. The quantitative estimate of drug-likeness (QED) is 0.182. The van der Waals surface area contributed by atoms with Gasteiger partial charge in [0.05, 0.1) is 74.9 Å². The van der Waals surface area contributed by atoms with Crippen LogP contribution < -0.4 is 19.3 Å². The molecule has 8 rings (SSSR count). The van der Waals surface area contributed by atoms with E-state index in [4.69, 9.17) is 18.9 Å². The van der Waals surface area contributed by atoms with Crippen molar-refractivity contribution in [3.63, 3.8) is 0 Å². The van der Waals surface area contributed by atoms with Crippen LogP contribution in [0.15, 0.2) is 139 Å². The molecule has 0 radical (unpaired) electrons. The van der Waals surface area contributed by atoms with Gasteiger partial charge < -0.3 is 28.7 Å². The molecule has 0 N–H and O–H groups in total. The number of anilines is 4. The van der Waals surface area contributed by atoms with E-state index in [-0.39, 0.29) is 34.7 Å². The summed E-state index contributed by atoms with van der Waals surface area (Å²) in [5.41, 5.74) is 15.0. The van der Waals surface area contributed by atoms with Crippen molar-refractivity contribution in [1.29, 1.82) is 0 Å². The summed E-state index contributed by atoms with van der Waals surface area (Å²) in [5, 5.41) is 0. The topological polar surface area (TPSA) is 43.4 Å². The van der Waals surface area contributed by atoms with E-state index in [0.29, 0.717) is 0 Å². The van der Waals surface area contributed by atoms with Crippen molar-refractivity contribution in [2.75, 3.05) is 38.2 Å². The zero-order valence-electron chi connectivity index (χ0n) is 34.9. The van der Waals surface area contributed by atoms with Crippen LogP contribution in [0.3, 0.4) is 0 Å². The third kappa shape index (κ3) is 6.46. The van der Waals surface area contributed by atoms with E-state index in [1.54, 1.807) is 28.4 Å². The first-order valence-corrected chi connectivity index (χ1v) is 19.9. The van der Waals surface area contributed by atoms with Crippen LogP contribution in [0.5, 0.6) is 11.5 Å². The zero-order chi connectivity index (χ0) is 40.2. The maximum absolute atomic E-state index is 6.28. The van der Waals surface area contributed by atoms with Gasteiger partial charge in [-0.05, 0) is 82.6 Å². The molecule has 2 aliphatic heterocycles. The maximum Gasteiger partial charge on any atom is 0.129 e. The molecule has 0 amide bonds. The Morgan fingerprint density at radius 2 is 0.877 bits per heavy atom. The molecule has 2 heterocycles. The highest BCUT2D eigenvalue weighted by molar-refractivity contribution is 5.96. The number of allylic oxidation sites excluding steroid dienone is 4. The highest BCUT2D eigenvalue weighted by atomic mass is 16.5. The van der Waals surface area contributed by atoms with E-state index >= 15 is 0 Å². The molecule has 6 heteroatoms. The Bertz CT molecular complexity index is 2210. The van der Waals surface area contributed by atoms with Gasteiger partial charge in [0.15, 0.2) is 0 Å². The average Bonchev–Trinajstić information content (AvgIpc) is 3.21. The highest BCUT2D eigenvalue weighted by Gasteiger charge is 2.46. The van der Waals surface area contributed by atoms with Gasteiger partial charge in [0, 0.05) is 22.5 Å². The number of hydrogen-bond donors (Lipinski definition) is 0. The van der Waals surface area contributed by atoms with Crippen LogP contribution >= 0.6 is 0 Å². The second-order valence-corrected chi connectivity index (χ2v) is 17.2. The minimum atomic E-state index is -0.215. The van der Waals surface area contributed by atoms with Crippen molar-refractivity contribution in [3.8, 4) is 11.5 Å². The van der Waals surface area contributed by atoms with Crippen molar-refractivity contribution in [2.24, 2.45) is 11.8 Å². The molecule has 6 nitrogen and oxygen atoms in total. The van der Waals surface area contributed by atoms with E-state index in [0.717, 1.165) is 68.0 Å². The summed E-state index contributed by atoms with van der Waals surface area (Å²) in [5.74, 6) is 2.83. The lowest BCUT2D eigenvalue weighted by Crippen LogP contribution is -2.44. The molecule has 0 spiro atoms. The summed E-state index contributed by atoms with van der Waals surface area (Å²) in [6.45, 7) is 13.5. The predicted molar refractivity (Wildman–Crippen MR) is 234 cm³/mol. The van der Waals surface area contributed by atoms with Crippen molar-refractivity contribution in [1.82, 2.24) is 0 Å². The number of benzene rings is 4. The fourth-order valence-electron chi connectivity index (χ4n) is 9.03. The molecule has 4 aromatic carbocycles. The Kier molecular flexibility index (Phi) is 9.74. The first kappa shape index (κ1) is 38.1. The molecule has 0 saturated carbocycles. The molecule has 57 heavy (non-hydrogen) atoms. The minimum absolute atomic E-state index is 0.0351. The zero-order valence-corrected chi connectivity index (χ0v) is 34.9. The van der Waals surface area contributed by atoms with Gasteiger partial charge in [-0.2, -0.15) is 0 Å². The Labute approximate surface area is 338 Å². The van der Waals surface area contributed by atoms with Crippen molar-refractivity contribution in [3.05, 3.63) is 161 Å². The standard InChI is InChI=1S/C51H54N2O4/c1-50(2,3)32-23-27-34(28-24-32)52-38-15-11-19-42(54-7)46(38)36(47-39(52)16-12-20-43(47)55-8)31-37-48-40(17-13-21-44(48)56-9)53(41-18-14-22-45(57-10)49(37)41)35-29-25-33(26-30-35)51(4,5)6/h11-30,38,40,46,48H,1-10H3. The Morgan fingerprint density at radius 3 is 1.21 bits per heavy atom. The first-order valence-electron chi connectivity index (χ1n) is 19.9. The van der Waals surface area contributed by atoms with E-state index in [1.165, 1.54) is 11.1 Å². The number of ether oxygens (including phenoxy) is 4. The van der Waals surface area contributed by atoms with Crippen molar-refractivity contribution >= 4 is 33.9 Å². The molecule has 0 aromatic heterocycles. The second-order valence-electron chi connectivity index (χ2n) is 17.2.